The number of fused-ring (bicyclic) bond motifs is 1. The SMILES string of the molecule is COc1ccc(C(C)=O)cc1CSc1nc(-c2ccco2)nc2ccccc12. The van der Waals surface area contributed by atoms with Crippen molar-refractivity contribution in [2.24, 2.45) is 0 Å². The first-order valence-corrected chi connectivity index (χ1v) is 9.75. The Kier molecular flexibility index (Phi) is 5.12. The Balaban J connectivity index is 1.72. The van der Waals surface area contributed by atoms with E-state index in [1.807, 2.05) is 48.5 Å². The highest BCUT2D eigenvalue weighted by Gasteiger charge is 2.13. The number of carbonyl (C=O) groups excluding carboxylic acids is 1. The molecule has 0 N–H and O–H groups in total. The van der Waals surface area contributed by atoms with Gasteiger partial charge in [-0.1, -0.05) is 18.2 Å². The van der Waals surface area contributed by atoms with Crippen LogP contribution < -0.4 is 4.74 Å². The van der Waals surface area contributed by atoms with Crippen LogP contribution in [0.1, 0.15) is 22.8 Å². The molecule has 140 valence electrons. The zero-order valence-corrected chi connectivity index (χ0v) is 16.3. The van der Waals surface area contributed by atoms with Crippen molar-refractivity contribution >= 4 is 28.4 Å². The topological polar surface area (TPSA) is 65.2 Å². The van der Waals surface area contributed by atoms with E-state index >= 15 is 0 Å². The fourth-order valence-corrected chi connectivity index (χ4v) is 3.93. The quantitative estimate of drug-likeness (QED) is 0.250. The fourth-order valence-electron chi connectivity index (χ4n) is 2.93. The van der Waals surface area contributed by atoms with E-state index < -0.39 is 0 Å². The molecule has 0 amide bonds. The molecule has 0 aliphatic heterocycles. The molecule has 0 bridgehead atoms. The molecule has 28 heavy (non-hydrogen) atoms. The molecule has 6 heteroatoms. The van der Waals surface area contributed by atoms with E-state index in [0.29, 0.717) is 22.9 Å². The highest BCUT2D eigenvalue weighted by atomic mass is 32.2. The van der Waals surface area contributed by atoms with Crippen molar-refractivity contribution in [2.45, 2.75) is 17.7 Å². The number of aromatic nitrogens is 2. The molecule has 0 radical (unpaired) electrons. The van der Waals surface area contributed by atoms with Crippen LogP contribution in [0.2, 0.25) is 0 Å². The Morgan fingerprint density at radius 3 is 2.71 bits per heavy atom. The number of thioether (sulfide) groups is 1. The Morgan fingerprint density at radius 1 is 1.11 bits per heavy atom. The molecule has 2 aromatic carbocycles. The van der Waals surface area contributed by atoms with Gasteiger partial charge in [0.05, 0.1) is 18.9 Å². The predicted octanol–water partition coefficient (Wildman–Crippen LogP) is 5.39. The zero-order chi connectivity index (χ0) is 19.5. The molecule has 0 aliphatic rings. The summed E-state index contributed by atoms with van der Waals surface area (Å²) in [6.45, 7) is 1.56. The van der Waals surface area contributed by atoms with Crippen molar-refractivity contribution in [2.75, 3.05) is 7.11 Å². The number of hydrogen-bond acceptors (Lipinski definition) is 6. The highest BCUT2D eigenvalue weighted by molar-refractivity contribution is 7.98. The standard InChI is InChI=1S/C22H18N2O3S/c1-14(25)15-9-10-19(26-2)16(12-15)13-28-22-17-6-3-4-7-18(17)23-21(24-22)20-8-5-11-27-20/h3-12H,13H2,1-2H3. The lowest BCUT2D eigenvalue weighted by atomic mass is 10.1. The number of ether oxygens (including phenoxy) is 1. The lowest BCUT2D eigenvalue weighted by Gasteiger charge is -2.11. The van der Waals surface area contributed by atoms with Crippen molar-refractivity contribution in [3.63, 3.8) is 0 Å². The molecule has 2 heterocycles. The minimum Gasteiger partial charge on any atom is -0.496 e. The van der Waals surface area contributed by atoms with Crippen LogP contribution in [-0.4, -0.2) is 22.9 Å². The Morgan fingerprint density at radius 2 is 1.96 bits per heavy atom. The van der Waals surface area contributed by atoms with Gasteiger partial charge in [-0.15, -0.1) is 11.8 Å². The molecule has 2 aromatic heterocycles. The molecular weight excluding hydrogens is 372 g/mol. The Hall–Kier alpha value is -3.12. The second-order valence-electron chi connectivity index (χ2n) is 6.22. The van der Waals surface area contributed by atoms with Crippen LogP contribution in [0, 0.1) is 0 Å². The van der Waals surface area contributed by atoms with Gasteiger partial charge in [0.15, 0.2) is 17.4 Å². The molecular formula is C22H18N2O3S. The third-order valence-electron chi connectivity index (χ3n) is 4.36. The lowest BCUT2D eigenvalue weighted by molar-refractivity contribution is 0.101. The molecule has 0 atom stereocenters. The first kappa shape index (κ1) is 18.3. The van der Waals surface area contributed by atoms with Crippen LogP contribution in [-0.2, 0) is 5.75 Å². The second kappa shape index (κ2) is 7.86. The van der Waals surface area contributed by atoms with Crippen molar-refractivity contribution in [3.8, 4) is 17.3 Å². The van der Waals surface area contributed by atoms with E-state index in [9.17, 15) is 4.79 Å². The van der Waals surface area contributed by atoms with Crippen LogP contribution in [0.4, 0.5) is 0 Å². The summed E-state index contributed by atoms with van der Waals surface area (Å²) < 4.78 is 10.9. The van der Waals surface area contributed by atoms with Crippen LogP contribution in [0.15, 0.2) is 70.3 Å². The number of Topliss-reactive ketones (excluding diaryl/α,β-unsaturated/α-hetero) is 1. The maximum atomic E-state index is 11.7. The molecule has 4 rings (SSSR count). The summed E-state index contributed by atoms with van der Waals surface area (Å²) in [6, 6.07) is 17.1. The van der Waals surface area contributed by atoms with Crippen LogP contribution in [0.3, 0.4) is 0 Å². The summed E-state index contributed by atoms with van der Waals surface area (Å²) in [5.41, 5.74) is 2.47. The van der Waals surface area contributed by atoms with Gasteiger partial charge in [0.1, 0.15) is 10.8 Å². The maximum absolute atomic E-state index is 11.7. The van der Waals surface area contributed by atoms with Crippen LogP contribution in [0.5, 0.6) is 5.75 Å². The van der Waals surface area contributed by atoms with E-state index in [2.05, 4.69) is 4.98 Å². The van der Waals surface area contributed by atoms with Crippen LogP contribution in [0.25, 0.3) is 22.5 Å². The Bertz CT molecular complexity index is 1140. The third-order valence-corrected chi connectivity index (χ3v) is 5.40. The van der Waals surface area contributed by atoms with Gasteiger partial charge in [-0.2, -0.15) is 0 Å². The average Bonchev–Trinajstić information content (AvgIpc) is 3.26. The van der Waals surface area contributed by atoms with Crippen molar-refractivity contribution in [1.82, 2.24) is 9.97 Å². The van der Waals surface area contributed by atoms with Crippen molar-refractivity contribution in [3.05, 3.63) is 72.0 Å². The number of ketones is 1. The van der Waals surface area contributed by atoms with E-state index in [1.54, 1.807) is 38.1 Å². The number of furan rings is 1. The molecule has 0 saturated heterocycles. The Labute approximate surface area is 166 Å². The number of methoxy groups -OCH3 is 1. The smallest absolute Gasteiger partial charge is 0.197 e. The summed E-state index contributed by atoms with van der Waals surface area (Å²) in [6.07, 6.45) is 1.61. The number of para-hydroxylation sites is 1. The second-order valence-corrected chi connectivity index (χ2v) is 7.18. The number of carbonyl (C=O) groups is 1. The zero-order valence-electron chi connectivity index (χ0n) is 15.5. The summed E-state index contributed by atoms with van der Waals surface area (Å²) >= 11 is 1.58. The van der Waals surface area contributed by atoms with E-state index in [4.69, 9.17) is 14.1 Å². The monoisotopic (exact) mass is 390 g/mol. The molecule has 5 nitrogen and oxygen atoms in total. The van der Waals surface area contributed by atoms with Crippen molar-refractivity contribution < 1.29 is 13.9 Å². The minimum absolute atomic E-state index is 0.0292. The lowest BCUT2D eigenvalue weighted by Crippen LogP contribution is -1.98. The van der Waals surface area contributed by atoms with Crippen molar-refractivity contribution in [1.29, 1.82) is 0 Å². The maximum Gasteiger partial charge on any atom is 0.197 e. The van der Waals surface area contributed by atoms with Gasteiger partial charge in [0.2, 0.25) is 0 Å². The van der Waals surface area contributed by atoms with E-state index in [0.717, 1.165) is 27.2 Å². The first-order valence-electron chi connectivity index (χ1n) is 8.77. The first-order chi connectivity index (χ1) is 13.7. The van der Waals surface area contributed by atoms with Gasteiger partial charge in [-0.25, -0.2) is 9.97 Å². The van der Waals surface area contributed by atoms with E-state index in [1.165, 1.54) is 0 Å². The summed E-state index contributed by atoms with van der Waals surface area (Å²) in [7, 11) is 1.63. The number of benzene rings is 2. The molecule has 0 saturated carbocycles. The number of nitrogens with zero attached hydrogens (tertiary/aromatic N) is 2. The van der Waals surface area contributed by atoms with Gasteiger partial charge in [-0.05, 0) is 43.3 Å². The van der Waals surface area contributed by atoms with Gasteiger partial charge < -0.3 is 9.15 Å². The highest BCUT2D eigenvalue weighted by Crippen LogP contribution is 2.33. The third kappa shape index (κ3) is 3.64. The van der Waals surface area contributed by atoms with Crippen LogP contribution >= 0.6 is 11.8 Å². The molecule has 0 spiro atoms. The number of rotatable bonds is 6. The molecule has 0 fully saturated rings. The minimum atomic E-state index is 0.0292. The fraction of sp³-hybridized carbons (Fsp3) is 0.136. The summed E-state index contributed by atoms with van der Waals surface area (Å²) in [5.74, 6) is 2.58. The molecule has 0 unspecified atom stereocenters. The van der Waals surface area contributed by atoms with Gasteiger partial charge in [-0.3, -0.25) is 4.79 Å². The summed E-state index contributed by atoms with van der Waals surface area (Å²) in [4.78, 5) is 21.1. The normalized spacial score (nSPS) is 10.9. The van der Waals surface area contributed by atoms with Gasteiger partial charge in [0.25, 0.3) is 0 Å². The predicted molar refractivity (Wildman–Crippen MR) is 110 cm³/mol. The summed E-state index contributed by atoms with van der Waals surface area (Å²) in [5, 5.41) is 1.83. The van der Waals surface area contributed by atoms with E-state index in [-0.39, 0.29) is 5.78 Å². The number of hydrogen-bond donors (Lipinski definition) is 0. The van der Waals surface area contributed by atoms with Gasteiger partial charge >= 0.3 is 0 Å². The van der Waals surface area contributed by atoms with Gasteiger partial charge in [0, 0.05) is 22.3 Å². The largest absolute Gasteiger partial charge is 0.496 e. The average molecular weight is 390 g/mol. The molecule has 4 aromatic rings. The molecule has 0 aliphatic carbocycles.